The van der Waals surface area contributed by atoms with Crippen LogP contribution < -0.4 is 15.2 Å². The van der Waals surface area contributed by atoms with E-state index in [1.54, 1.807) is 0 Å². The molecule has 9 nitrogen and oxygen atoms in total. The Kier molecular flexibility index (Phi) is 7.98. The molecule has 1 heterocycles. The number of sulfonamides is 1. The molecule has 13 heteroatoms. The highest BCUT2D eigenvalue weighted by Gasteiger charge is 2.31. The van der Waals surface area contributed by atoms with Crippen molar-refractivity contribution in [2.24, 2.45) is 5.73 Å². The molecule has 0 saturated carbocycles. The standard InChI is InChI=1S/C24H24F3N3O6S/c1-15-20(23(28)32)12-21(30(15)13-16-5-4-6-18(11-16)36-24(25,26)27)22(31)14-29(2)37(33,34)19-9-7-17(35-3)8-10-19/h4-12H,13-14H2,1-3H3,(H2,28,32). The van der Waals surface area contributed by atoms with E-state index >= 15 is 0 Å². The molecule has 37 heavy (non-hydrogen) atoms. The monoisotopic (exact) mass is 539 g/mol. The SMILES string of the molecule is COc1ccc(S(=O)(=O)N(C)CC(=O)c2cc(C(N)=O)c(C)n2Cc2cccc(OC(F)(F)F)c2)cc1. The number of hydrogen-bond donors (Lipinski definition) is 1. The number of methoxy groups -OCH3 is 1. The Labute approximate surface area is 211 Å². The van der Waals surface area contributed by atoms with E-state index in [9.17, 15) is 31.2 Å². The van der Waals surface area contributed by atoms with Gasteiger partial charge in [0.1, 0.15) is 11.5 Å². The van der Waals surface area contributed by atoms with Crippen LogP contribution in [0.3, 0.4) is 0 Å². The quantitative estimate of drug-likeness (QED) is 0.395. The van der Waals surface area contributed by atoms with Crippen LogP contribution in [0.4, 0.5) is 13.2 Å². The Morgan fingerprint density at radius 3 is 2.27 bits per heavy atom. The number of carbonyl (C=O) groups is 2. The molecule has 0 bridgehead atoms. The molecule has 0 aliphatic carbocycles. The number of nitrogens with two attached hydrogens (primary N) is 1. The van der Waals surface area contributed by atoms with Crippen LogP contribution in [0.5, 0.6) is 11.5 Å². The van der Waals surface area contributed by atoms with Gasteiger partial charge in [-0.3, -0.25) is 9.59 Å². The molecule has 2 aromatic carbocycles. The lowest BCUT2D eigenvalue weighted by molar-refractivity contribution is -0.274. The number of aromatic nitrogens is 1. The number of Topliss-reactive ketones (excluding diaryl/α,β-unsaturated/α-hetero) is 1. The number of nitrogens with zero attached hydrogens (tertiary/aromatic N) is 2. The smallest absolute Gasteiger partial charge is 0.497 e. The number of rotatable bonds is 10. The highest BCUT2D eigenvalue weighted by molar-refractivity contribution is 7.89. The predicted molar refractivity (Wildman–Crippen MR) is 127 cm³/mol. The molecule has 0 fully saturated rings. The number of benzene rings is 2. The molecule has 0 unspecified atom stereocenters. The van der Waals surface area contributed by atoms with E-state index in [-0.39, 0.29) is 22.7 Å². The fourth-order valence-corrected chi connectivity index (χ4v) is 4.78. The van der Waals surface area contributed by atoms with E-state index in [4.69, 9.17) is 10.5 Å². The second-order valence-electron chi connectivity index (χ2n) is 8.03. The zero-order chi connectivity index (χ0) is 27.5. The summed E-state index contributed by atoms with van der Waals surface area (Å²) < 4.78 is 75.0. The van der Waals surface area contributed by atoms with E-state index in [1.807, 2.05) is 0 Å². The Morgan fingerprint density at radius 2 is 1.70 bits per heavy atom. The summed E-state index contributed by atoms with van der Waals surface area (Å²) in [5.74, 6) is -1.48. The van der Waals surface area contributed by atoms with Gasteiger partial charge in [-0.2, -0.15) is 4.31 Å². The fraction of sp³-hybridized carbons (Fsp3) is 0.250. The molecule has 198 valence electrons. The lowest BCUT2D eigenvalue weighted by Gasteiger charge is -2.18. The average Bonchev–Trinajstić information content (AvgIpc) is 3.14. The van der Waals surface area contributed by atoms with Gasteiger partial charge in [0.15, 0.2) is 5.78 Å². The number of ketones is 1. The van der Waals surface area contributed by atoms with Gasteiger partial charge < -0.3 is 19.8 Å². The van der Waals surface area contributed by atoms with E-state index in [1.165, 1.54) is 68.1 Å². The zero-order valence-electron chi connectivity index (χ0n) is 20.1. The van der Waals surface area contributed by atoms with Gasteiger partial charge in [-0.15, -0.1) is 13.2 Å². The van der Waals surface area contributed by atoms with Crippen molar-refractivity contribution in [3.8, 4) is 11.5 Å². The summed E-state index contributed by atoms with van der Waals surface area (Å²) in [6.45, 7) is 0.835. The molecule has 0 aliphatic rings. The van der Waals surface area contributed by atoms with Crippen molar-refractivity contribution in [2.75, 3.05) is 20.7 Å². The van der Waals surface area contributed by atoms with Crippen LogP contribution in [0.25, 0.3) is 0 Å². The van der Waals surface area contributed by atoms with Crippen LogP contribution in [-0.4, -0.2) is 56.0 Å². The van der Waals surface area contributed by atoms with Crippen molar-refractivity contribution in [2.45, 2.75) is 24.7 Å². The van der Waals surface area contributed by atoms with Crippen LogP contribution in [0.15, 0.2) is 59.5 Å². The van der Waals surface area contributed by atoms with Gasteiger partial charge in [0, 0.05) is 19.3 Å². The van der Waals surface area contributed by atoms with Crippen LogP contribution in [0.2, 0.25) is 0 Å². The van der Waals surface area contributed by atoms with Crippen LogP contribution in [0.1, 0.15) is 32.1 Å². The zero-order valence-corrected chi connectivity index (χ0v) is 20.9. The Balaban J connectivity index is 1.91. The van der Waals surface area contributed by atoms with Gasteiger partial charge >= 0.3 is 6.36 Å². The van der Waals surface area contributed by atoms with E-state index in [2.05, 4.69) is 4.74 Å². The number of carbonyl (C=O) groups excluding carboxylic acids is 2. The first-order valence-electron chi connectivity index (χ1n) is 10.7. The van der Waals surface area contributed by atoms with Gasteiger partial charge in [0.05, 0.1) is 29.8 Å². The molecule has 1 amide bonds. The molecule has 2 N–H and O–H groups in total. The highest BCUT2D eigenvalue weighted by atomic mass is 32.2. The molecule has 0 radical (unpaired) electrons. The molecule has 0 saturated heterocycles. The summed E-state index contributed by atoms with van der Waals surface area (Å²) >= 11 is 0. The second kappa shape index (κ2) is 10.6. The summed E-state index contributed by atoms with van der Waals surface area (Å²) in [6, 6.07) is 12.0. The van der Waals surface area contributed by atoms with Crippen molar-refractivity contribution < 1.29 is 40.7 Å². The van der Waals surface area contributed by atoms with E-state index < -0.39 is 40.4 Å². The van der Waals surface area contributed by atoms with Gasteiger partial charge in [-0.1, -0.05) is 12.1 Å². The molecular weight excluding hydrogens is 515 g/mol. The number of primary amides is 1. The van der Waals surface area contributed by atoms with E-state index in [0.717, 1.165) is 16.4 Å². The van der Waals surface area contributed by atoms with Gasteiger partial charge in [0.2, 0.25) is 10.0 Å². The van der Waals surface area contributed by atoms with Crippen molar-refractivity contribution in [1.29, 1.82) is 0 Å². The fourth-order valence-electron chi connectivity index (χ4n) is 3.65. The molecular formula is C24H24F3N3O6S. The van der Waals surface area contributed by atoms with Gasteiger partial charge in [-0.05, 0) is 55.0 Å². The molecule has 0 aliphatic heterocycles. The summed E-state index contributed by atoms with van der Waals surface area (Å²) in [5.41, 5.74) is 6.04. The minimum absolute atomic E-state index is 0.0201. The maximum Gasteiger partial charge on any atom is 0.573 e. The normalized spacial score (nSPS) is 12.0. The van der Waals surface area contributed by atoms with Crippen LogP contribution >= 0.6 is 0 Å². The van der Waals surface area contributed by atoms with E-state index in [0.29, 0.717) is 17.0 Å². The minimum atomic E-state index is -4.89. The first-order valence-corrected chi connectivity index (χ1v) is 12.1. The predicted octanol–water partition coefficient (Wildman–Crippen LogP) is 3.35. The molecule has 0 spiro atoms. The number of halogens is 3. The first-order chi connectivity index (χ1) is 17.2. The molecule has 3 rings (SSSR count). The maximum absolute atomic E-state index is 13.2. The number of ether oxygens (including phenoxy) is 2. The van der Waals surface area contributed by atoms with Crippen molar-refractivity contribution >= 4 is 21.7 Å². The van der Waals surface area contributed by atoms with Crippen molar-refractivity contribution in [3.63, 3.8) is 0 Å². The lowest BCUT2D eigenvalue weighted by Crippen LogP contribution is -2.33. The van der Waals surface area contributed by atoms with Gasteiger partial charge in [-0.25, -0.2) is 8.42 Å². The molecule has 0 atom stereocenters. The Hall–Kier alpha value is -3.84. The summed E-state index contributed by atoms with van der Waals surface area (Å²) in [6.07, 6.45) is -4.89. The number of alkyl halides is 3. The Morgan fingerprint density at radius 1 is 1.05 bits per heavy atom. The average molecular weight is 540 g/mol. The largest absolute Gasteiger partial charge is 0.573 e. The number of hydrogen-bond acceptors (Lipinski definition) is 6. The topological polar surface area (TPSA) is 121 Å². The summed E-state index contributed by atoms with van der Waals surface area (Å²) in [4.78, 5) is 25.1. The number of likely N-dealkylation sites (N-methyl/N-ethyl adjacent to an activating group) is 1. The first kappa shape index (κ1) is 27.7. The highest BCUT2D eigenvalue weighted by Crippen LogP contribution is 2.25. The summed E-state index contributed by atoms with van der Waals surface area (Å²) in [5, 5.41) is 0. The second-order valence-corrected chi connectivity index (χ2v) is 10.1. The van der Waals surface area contributed by atoms with Gasteiger partial charge in [0.25, 0.3) is 5.91 Å². The summed E-state index contributed by atoms with van der Waals surface area (Å²) in [7, 11) is -1.39. The third kappa shape index (κ3) is 6.49. The van der Waals surface area contributed by atoms with Crippen molar-refractivity contribution in [3.05, 3.63) is 77.1 Å². The van der Waals surface area contributed by atoms with Crippen molar-refractivity contribution in [1.82, 2.24) is 8.87 Å². The maximum atomic E-state index is 13.2. The number of amides is 1. The third-order valence-corrected chi connectivity index (χ3v) is 7.34. The van der Waals surface area contributed by atoms with Crippen LogP contribution in [-0.2, 0) is 16.6 Å². The third-order valence-electron chi connectivity index (χ3n) is 5.52. The minimum Gasteiger partial charge on any atom is -0.497 e. The molecule has 3 aromatic rings. The Bertz CT molecular complexity index is 1420. The molecule has 1 aromatic heterocycles. The lowest BCUT2D eigenvalue weighted by atomic mass is 10.2. The van der Waals surface area contributed by atoms with Crippen LogP contribution in [0, 0.1) is 6.92 Å².